The van der Waals surface area contributed by atoms with Gasteiger partial charge in [0.25, 0.3) is 5.56 Å². The van der Waals surface area contributed by atoms with Crippen LogP contribution in [-0.4, -0.2) is 33.7 Å². The number of rotatable bonds is 6. The highest BCUT2D eigenvalue weighted by molar-refractivity contribution is 7.90. The van der Waals surface area contributed by atoms with Crippen LogP contribution in [0, 0.1) is 19.7 Å². The molecule has 3 aromatic rings. The molecule has 0 N–H and O–H groups in total. The van der Waals surface area contributed by atoms with E-state index >= 15 is 0 Å². The fraction of sp³-hybridized carbons (Fsp3) is 0.300. The molecule has 1 aromatic carbocycles. The number of hydrogen-bond donors (Lipinski definition) is 0. The number of nitrogens with zero attached hydrogens (tertiary/aromatic N) is 4. The summed E-state index contributed by atoms with van der Waals surface area (Å²) in [6.07, 6.45) is 1.53. The maximum absolute atomic E-state index is 14.2. The minimum Gasteiger partial charge on any atom is -0.421 e. The topological polar surface area (TPSA) is 104 Å². The second-order valence-corrected chi connectivity index (χ2v) is 9.20. The highest BCUT2D eigenvalue weighted by atomic mass is 32.2. The normalized spacial score (nSPS) is 11.5. The van der Waals surface area contributed by atoms with Crippen LogP contribution in [0.1, 0.15) is 23.9 Å². The summed E-state index contributed by atoms with van der Waals surface area (Å²) in [5.74, 6) is -1.08. The van der Waals surface area contributed by atoms with Crippen molar-refractivity contribution in [1.29, 1.82) is 0 Å². The number of para-hydroxylation sites is 1. The molecule has 2 heterocycles. The standard InChI is InChI=1S/C20H21FN4O4S/c1-5-30(27,28)11-16-22-18(14-9-13(3)19(26)25(4)10-14)24-20(23-16)29-17-12(2)7-6-8-15(17)21/h6-10H,5,11H2,1-4H3. The number of pyridine rings is 1. The first-order chi connectivity index (χ1) is 14.1. The van der Waals surface area contributed by atoms with E-state index in [1.807, 2.05) is 0 Å². The predicted molar refractivity (Wildman–Crippen MR) is 110 cm³/mol. The third-order valence-corrected chi connectivity index (χ3v) is 6.01. The van der Waals surface area contributed by atoms with Gasteiger partial charge in [-0.05, 0) is 31.5 Å². The van der Waals surface area contributed by atoms with Crippen LogP contribution >= 0.6 is 0 Å². The Bertz CT molecular complexity index is 1230. The van der Waals surface area contributed by atoms with Gasteiger partial charge in [0.05, 0.1) is 0 Å². The quantitative estimate of drug-likeness (QED) is 0.590. The smallest absolute Gasteiger partial charge is 0.325 e. The minimum atomic E-state index is -3.44. The molecule has 0 aliphatic heterocycles. The van der Waals surface area contributed by atoms with Crippen LogP contribution in [0.25, 0.3) is 11.4 Å². The molecular formula is C20H21FN4O4S. The van der Waals surface area contributed by atoms with Crippen molar-refractivity contribution in [3.63, 3.8) is 0 Å². The average molecular weight is 432 g/mol. The molecule has 30 heavy (non-hydrogen) atoms. The van der Waals surface area contributed by atoms with Crippen LogP contribution in [0.15, 0.2) is 35.3 Å². The van der Waals surface area contributed by atoms with Crippen LogP contribution in [0.3, 0.4) is 0 Å². The molecule has 0 saturated carbocycles. The molecule has 0 amide bonds. The number of halogens is 1. The van der Waals surface area contributed by atoms with Gasteiger partial charge < -0.3 is 9.30 Å². The number of aromatic nitrogens is 4. The van der Waals surface area contributed by atoms with E-state index in [0.717, 1.165) is 0 Å². The molecule has 0 aliphatic rings. The number of hydrogen-bond acceptors (Lipinski definition) is 7. The summed E-state index contributed by atoms with van der Waals surface area (Å²) in [5, 5.41) is 0. The minimum absolute atomic E-state index is 0.0302. The van der Waals surface area contributed by atoms with Crippen molar-refractivity contribution in [2.45, 2.75) is 26.5 Å². The van der Waals surface area contributed by atoms with E-state index in [0.29, 0.717) is 16.7 Å². The first-order valence-corrected chi connectivity index (χ1v) is 11.0. The van der Waals surface area contributed by atoms with Gasteiger partial charge in [0.1, 0.15) is 5.75 Å². The molecular weight excluding hydrogens is 411 g/mol. The fourth-order valence-electron chi connectivity index (χ4n) is 2.77. The lowest BCUT2D eigenvalue weighted by atomic mass is 10.2. The van der Waals surface area contributed by atoms with E-state index in [9.17, 15) is 17.6 Å². The van der Waals surface area contributed by atoms with Gasteiger partial charge in [-0.25, -0.2) is 17.8 Å². The summed E-state index contributed by atoms with van der Waals surface area (Å²) in [7, 11) is -1.85. The van der Waals surface area contributed by atoms with Crippen LogP contribution in [0.5, 0.6) is 11.8 Å². The Morgan fingerprint density at radius 2 is 1.87 bits per heavy atom. The van der Waals surface area contributed by atoms with Crippen molar-refractivity contribution < 1.29 is 17.5 Å². The van der Waals surface area contributed by atoms with Crippen molar-refractivity contribution in [3.8, 4) is 23.1 Å². The second kappa shape index (κ2) is 8.31. The molecule has 0 fully saturated rings. The Morgan fingerprint density at radius 3 is 2.50 bits per heavy atom. The van der Waals surface area contributed by atoms with Crippen molar-refractivity contribution in [3.05, 3.63) is 63.6 Å². The molecule has 2 aromatic heterocycles. The lowest BCUT2D eigenvalue weighted by molar-refractivity contribution is 0.405. The summed E-state index contributed by atoms with van der Waals surface area (Å²) in [4.78, 5) is 24.5. The monoisotopic (exact) mass is 432 g/mol. The molecule has 0 radical (unpaired) electrons. The zero-order valence-corrected chi connectivity index (χ0v) is 17.8. The van der Waals surface area contributed by atoms with Crippen molar-refractivity contribution in [2.24, 2.45) is 7.05 Å². The van der Waals surface area contributed by atoms with Crippen molar-refractivity contribution in [2.75, 3.05) is 5.75 Å². The average Bonchev–Trinajstić information content (AvgIpc) is 2.68. The third kappa shape index (κ3) is 4.70. The molecule has 0 unspecified atom stereocenters. The van der Waals surface area contributed by atoms with E-state index < -0.39 is 21.4 Å². The maximum atomic E-state index is 14.2. The maximum Gasteiger partial charge on any atom is 0.325 e. The Kier molecular flexibility index (Phi) is 5.97. The summed E-state index contributed by atoms with van der Waals surface area (Å²) in [6, 6.07) is 5.81. The first-order valence-electron chi connectivity index (χ1n) is 9.15. The third-order valence-electron chi connectivity index (χ3n) is 4.43. The van der Waals surface area contributed by atoms with Crippen molar-refractivity contribution >= 4 is 9.84 Å². The van der Waals surface area contributed by atoms with E-state index in [4.69, 9.17) is 4.74 Å². The molecule has 158 valence electrons. The van der Waals surface area contributed by atoms with Gasteiger partial charge in [-0.3, -0.25) is 4.79 Å². The molecule has 0 atom stereocenters. The second-order valence-electron chi connectivity index (χ2n) is 6.85. The van der Waals surface area contributed by atoms with E-state index in [-0.39, 0.29) is 34.7 Å². The van der Waals surface area contributed by atoms with E-state index in [1.54, 1.807) is 39.1 Å². The highest BCUT2D eigenvalue weighted by Gasteiger charge is 2.18. The molecule has 0 bridgehead atoms. The predicted octanol–water partition coefficient (Wildman–Crippen LogP) is 2.72. The van der Waals surface area contributed by atoms with Gasteiger partial charge in [0, 0.05) is 30.1 Å². The summed E-state index contributed by atoms with van der Waals surface area (Å²) < 4.78 is 45.4. The largest absolute Gasteiger partial charge is 0.421 e. The Morgan fingerprint density at radius 1 is 1.13 bits per heavy atom. The summed E-state index contributed by atoms with van der Waals surface area (Å²) in [5.41, 5.74) is 1.28. The number of sulfone groups is 1. The number of benzene rings is 1. The number of ether oxygens (including phenoxy) is 1. The Balaban J connectivity index is 2.15. The fourth-order valence-corrected chi connectivity index (χ4v) is 3.50. The lowest BCUT2D eigenvalue weighted by Gasteiger charge is -2.11. The molecule has 8 nitrogen and oxygen atoms in total. The van der Waals surface area contributed by atoms with Crippen LogP contribution in [0.4, 0.5) is 4.39 Å². The zero-order valence-electron chi connectivity index (χ0n) is 17.0. The Labute approximate surface area is 173 Å². The Hall–Kier alpha value is -3.14. The van der Waals surface area contributed by atoms with Gasteiger partial charge >= 0.3 is 6.01 Å². The SMILES string of the molecule is CCS(=O)(=O)Cc1nc(Oc2c(C)cccc2F)nc(-c2cc(C)c(=O)n(C)c2)n1. The highest BCUT2D eigenvalue weighted by Crippen LogP contribution is 2.27. The summed E-state index contributed by atoms with van der Waals surface area (Å²) in [6.45, 7) is 4.84. The number of aryl methyl sites for hydroxylation is 3. The summed E-state index contributed by atoms with van der Waals surface area (Å²) >= 11 is 0. The van der Waals surface area contributed by atoms with Gasteiger partial charge in [-0.2, -0.15) is 9.97 Å². The molecule has 3 rings (SSSR count). The van der Waals surface area contributed by atoms with E-state index in [2.05, 4.69) is 15.0 Å². The van der Waals surface area contributed by atoms with Crippen molar-refractivity contribution in [1.82, 2.24) is 19.5 Å². The van der Waals surface area contributed by atoms with Gasteiger partial charge in [0.15, 0.2) is 33.1 Å². The molecule has 0 saturated heterocycles. The van der Waals surface area contributed by atoms with Crippen LogP contribution in [-0.2, 0) is 22.6 Å². The lowest BCUT2D eigenvalue weighted by Crippen LogP contribution is -2.19. The molecule has 0 spiro atoms. The van der Waals surface area contributed by atoms with Gasteiger partial charge in [0.2, 0.25) is 0 Å². The molecule has 0 aliphatic carbocycles. The first kappa shape index (κ1) is 21.6. The molecule has 10 heteroatoms. The van der Waals surface area contributed by atoms with E-state index in [1.165, 1.54) is 23.8 Å². The zero-order chi connectivity index (χ0) is 22.1. The van der Waals surface area contributed by atoms with Gasteiger partial charge in [-0.1, -0.05) is 19.1 Å². The van der Waals surface area contributed by atoms with Crippen LogP contribution in [0.2, 0.25) is 0 Å². The van der Waals surface area contributed by atoms with Gasteiger partial charge in [-0.15, -0.1) is 0 Å². The van der Waals surface area contributed by atoms with Crippen LogP contribution < -0.4 is 10.3 Å².